The highest BCUT2D eigenvalue weighted by atomic mass is 16.6. The third-order valence-corrected chi connectivity index (χ3v) is 6.44. The Morgan fingerprint density at radius 3 is 2.26 bits per heavy atom. The summed E-state index contributed by atoms with van der Waals surface area (Å²) in [6.45, 7) is 0. The van der Waals surface area contributed by atoms with Crippen LogP contribution >= 0.6 is 0 Å². The summed E-state index contributed by atoms with van der Waals surface area (Å²) in [5.74, 6) is -2.55. The fourth-order valence-electron chi connectivity index (χ4n) is 4.80. The van der Waals surface area contributed by atoms with Gasteiger partial charge in [-0.05, 0) is 11.1 Å². The van der Waals surface area contributed by atoms with Crippen molar-refractivity contribution in [2.45, 2.75) is 37.1 Å². The number of ether oxygens (including phenoxy) is 2. The second-order valence-corrected chi connectivity index (χ2v) is 8.67. The van der Waals surface area contributed by atoms with Gasteiger partial charge in [0.15, 0.2) is 5.78 Å². The van der Waals surface area contributed by atoms with Crippen LogP contribution in [0.3, 0.4) is 0 Å². The van der Waals surface area contributed by atoms with Gasteiger partial charge in [-0.2, -0.15) is 0 Å². The number of phenolic OH excluding ortho intramolecular Hbond substituents is 2. The van der Waals surface area contributed by atoms with Crippen LogP contribution in [0.25, 0.3) is 0 Å². The Morgan fingerprint density at radius 1 is 0.886 bits per heavy atom. The third kappa shape index (κ3) is 4.26. The van der Waals surface area contributed by atoms with Crippen molar-refractivity contribution in [3.05, 3.63) is 101 Å². The van der Waals surface area contributed by atoms with Crippen LogP contribution in [0.1, 0.15) is 51.9 Å². The van der Waals surface area contributed by atoms with Crippen molar-refractivity contribution < 1.29 is 34.4 Å². The average molecular weight is 472 g/mol. The number of hydrogen-bond donors (Lipinski definition) is 3. The summed E-state index contributed by atoms with van der Waals surface area (Å²) in [7, 11) is 0. The van der Waals surface area contributed by atoms with Gasteiger partial charge in [-0.15, -0.1) is 0 Å². The van der Waals surface area contributed by atoms with Crippen molar-refractivity contribution in [2.75, 3.05) is 0 Å². The smallest absolute Gasteiger partial charge is 0.330 e. The topological polar surface area (TPSA) is 113 Å². The number of carbonyl (C=O) groups excluding carboxylic acids is 2. The molecule has 0 radical (unpaired) electrons. The van der Waals surface area contributed by atoms with Gasteiger partial charge in [0, 0.05) is 30.0 Å². The molecule has 2 heterocycles. The van der Waals surface area contributed by atoms with Gasteiger partial charge in [0.2, 0.25) is 0 Å². The van der Waals surface area contributed by atoms with Crippen molar-refractivity contribution in [3.63, 3.8) is 0 Å². The normalized spacial score (nSPS) is 20.9. The quantitative estimate of drug-likeness (QED) is 0.478. The van der Waals surface area contributed by atoms with Crippen LogP contribution in [0.2, 0.25) is 0 Å². The van der Waals surface area contributed by atoms with E-state index in [-0.39, 0.29) is 41.3 Å². The maximum absolute atomic E-state index is 13.2. The Morgan fingerprint density at radius 2 is 1.57 bits per heavy atom. The summed E-state index contributed by atoms with van der Waals surface area (Å²) < 4.78 is 11.6. The molecule has 2 aliphatic heterocycles. The number of phenols is 2. The molecule has 0 fully saturated rings. The molecule has 4 atom stereocenters. The molecule has 3 aromatic rings. The van der Waals surface area contributed by atoms with Crippen molar-refractivity contribution in [1.29, 1.82) is 0 Å². The molecule has 7 nitrogen and oxygen atoms in total. The summed E-state index contributed by atoms with van der Waals surface area (Å²) in [4.78, 5) is 25.1. The Balaban J connectivity index is 1.67. The van der Waals surface area contributed by atoms with Gasteiger partial charge in [0.05, 0.1) is 6.42 Å². The lowest BCUT2D eigenvalue weighted by Crippen LogP contribution is -2.38. The highest BCUT2D eigenvalue weighted by molar-refractivity contribution is 6.03. The molecule has 178 valence electrons. The molecular formula is C28H24O7. The van der Waals surface area contributed by atoms with Crippen molar-refractivity contribution in [2.24, 2.45) is 0 Å². The standard InChI is InChI=1S/C28H24O7/c29-18-14-19(30)26(28-25(18)20(31)15-22(35-28)16-8-3-1-4-9-16)24(17-10-5-2-6-11-17)27(33)21-12-7-13-23(32)34-21/h1-11,13-14,21-22,24,27,29-30,33H,12,15H2/t21-,22+,24-,27+/m1/s1. The number of aliphatic hydroxyl groups excluding tert-OH is 1. The molecule has 35 heavy (non-hydrogen) atoms. The van der Waals surface area contributed by atoms with E-state index in [1.54, 1.807) is 30.3 Å². The first kappa shape index (κ1) is 22.7. The van der Waals surface area contributed by atoms with Gasteiger partial charge in [0.25, 0.3) is 0 Å². The largest absolute Gasteiger partial charge is 0.507 e. The average Bonchev–Trinajstić information content (AvgIpc) is 2.86. The van der Waals surface area contributed by atoms with E-state index in [1.807, 2.05) is 36.4 Å². The number of Topliss-reactive ketones (excluding diaryl/α,β-unsaturated/α-hetero) is 1. The van der Waals surface area contributed by atoms with Gasteiger partial charge >= 0.3 is 5.97 Å². The van der Waals surface area contributed by atoms with Crippen molar-refractivity contribution >= 4 is 11.8 Å². The first-order valence-corrected chi connectivity index (χ1v) is 11.4. The molecule has 7 heteroatoms. The van der Waals surface area contributed by atoms with Gasteiger partial charge in [0.1, 0.15) is 41.1 Å². The van der Waals surface area contributed by atoms with E-state index >= 15 is 0 Å². The minimum Gasteiger partial charge on any atom is -0.507 e. The number of hydrogen-bond acceptors (Lipinski definition) is 7. The number of fused-ring (bicyclic) bond motifs is 1. The highest BCUT2D eigenvalue weighted by Crippen LogP contribution is 2.50. The predicted molar refractivity (Wildman–Crippen MR) is 126 cm³/mol. The monoisotopic (exact) mass is 472 g/mol. The summed E-state index contributed by atoms with van der Waals surface area (Å²) in [6, 6.07) is 19.2. The Bertz CT molecular complexity index is 1280. The van der Waals surface area contributed by atoms with Crippen LogP contribution < -0.4 is 4.74 Å². The van der Waals surface area contributed by atoms with Crippen LogP contribution in [-0.2, 0) is 9.53 Å². The molecule has 2 aliphatic rings. The summed E-state index contributed by atoms with van der Waals surface area (Å²) in [6.07, 6.45) is 0.418. The second kappa shape index (κ2) is 9.27. The van der Waals surface area contributed by atoms with Crippen molar-refractivity contribution in [1.82, 2.24) is 0 Å². The lowest BCUT2D eigenvalue weighted by atomic mass is 9.80. The molecule has 3 aromatic carbocycles. The van der Waals surface area contributed by atoms with Gasteiger partial charge in [-0.25, -0.2) is 4.79 Å². The fraction of sp³-hybridized carbons (Fsp3) is 0.214. The predicted octanol–water partition coefficient (Wildman–Crippen LogP) is 4.17. The number of benzene rings is 3. The molecular weight excluding hydrogens is 448 g/mol. The Kier molecular flexibility index (Phi) is 6.01. The Hall–Kier alpha value is -4.10. The van der Waals surface area contributed by atoms with Crippen LogP contribution in [0.15, 0.2) is 78.9 Å². The lowest BCUT2D eigenvalue weighted by Gasteiger charge is -2.35. The molecule has 0 bridgehead atoms. The highest BCUT2D eigenvalue weighted by Gasteiger charge is 2.41. The molecule has 0 saturated heterocycles. The minimum absolute atomic E-state index is 0.0122. The number of rotatable bonds is 5. The third-order valence-electron chi connectivity index (χ3n) is 6.44. The first-order chi connectivity index (χ1) is 16.9. The molecule has 0 unspecified atom stereocenters. The number of ketones is 1. The molecule has 0 aliphatic carbocycles. The number of esters is 1. The zero-order valence-corrected chi connectivity index (χ0v) is 18.7. The lowest BCUT2D eigenvalue weighted by molar-refractivity contribution is -0.150. The molecule has 3 N–H and O–H groups in total. The fourth-order valence-corrected chi connectivity index (χ4v) is 4.80. The maximum Gasteiger partial charge on any atom is 0.330 e. The summed E-state index contributed by atoms with van der Waals surface area (Å²) in [5.41, 5.74) is 1.49. The SMILES string of the molecule is O=C1C=CC[C@H]([C@H](O)[C@H](c2ccccc2)c2c(O)cc(O)c3c2O[C@H](c2ccccc2)CC3=O)O1. The van der Waals surface area contributed by atoms with Gasteiger partial charge in [-0.3, -0.25) is 4.79 Å². The second-order valence-electron chi connectivity index (χ2n) is 8.67. The number of aromatic hydroxyl groups is 2. The molecule has 5 rings (SSSR count). The number of cyclic esters (lactones) is 1. The van der Waals surface area contributed by atoms with E-state index < -0.39 is 35.9 Å². The van der Waals surface area contributed by atoms with Crippen LogP contribution in [0.4, 0.5) is 0 Å². The molecule has 0 saturated carbocycles. The maximum atomic E-state index is 13.2. The summed E-state index contributed by atoms with van der Waals surface area (Å²) >= 11 is 0. The first-order valence-electron chi connectivity index (χ1n) is 11.4. The van der Waals surface area contributed by atoms with Crippen LogP contribution in [-0.4, -0.2) is 39.3 Å². The van der Waals surface area contributed by atoms with E-state index in [2.05, 4.69) is 0 Å². The van der Waals surface area contributed by atoms with E-state index in [0.717, 1.165) is 11.6 Å². The molecule has 0 spiro atoms. The van der Waals surface area contributed by atoms with E-state index in [1.165, 1.54) is 6.08 Å². The van der Waals surface area contributed by atoms with E-state index in [4.69, 9.17) is 9.47 Å². The molecule has 0 aromatic heterocycles. The minimum atomic E-state index is -1.28. The van der Waals surface area contributed by atoms with Gasteiger partial charge in [-0.1, -0.05) is 66.7 Å². The number of aliphatic hydroxyl groups is 1. The molecule has 0 amide bonds. The van der Waals surface area contributed by atoms with E-state index in [9.17, 15) is 24.9 Å². The van der Waals surface area contributed by atoms with Crippen molar-refractivity contribution in [3.8, 4) is 17.2 Å². The zero-order valence-electron chi connectivity index (χ0n) is 18.7. The van der Waals surface area contributed by atoms with Crippen LogP contribution in [0.5, 0.6) is 17.2 Å². The zero-order chi connectivity index (χ0) is 24.5. The summed E-state index contributed by atoms with van der Waals surface area (Å²) in [5, 5.41) is 33.1. The van der Waals surface area contributed by atoms with E-state index in [0.29, 0.717) is 5.56 Å². The number of carbonyl (C=O) groups is 2. The Labute approximate surface area is 201 Å². The van der Waals surface area contributed by atoms with Crippen LogP contribution in [0, 0.1) is 0 Å². The van der Waals surface area contributed by atoms with Gasteiger partial charge < -0.3 is 24.8 Å².